The molecule has 3 nitrogen and oxygen atoms in total. The van der Waals surface area contributed by atoms with E-state index >= 15 is 0 Å². The van der Waals surface area contributed by atoms with Gasteiger partial charge in [-0.05, 0) is 37.5 Å². The van der Waals surface area contributed by atoms with Crippen LogP contribution in [0, 0.1) is 6.92 Å². The third-order valence-electron chi connectivity index (χ3n) is 4.81. The lowest BCUT2D eigenvalue weighted by molar-refractivity contribution is 0.0928. The van der Waals surface area contributed by atoms with Crippen LogP contribution in [0.1, 0.15) is 28.9 Å². The molecule has 118 valence electrons. The van der Waals surface area contributed by atoms with Crippen molar-refractivity contribution in [3.05, 3.63) is 35.5 Å². The Balaban J connectivity index is 1.77. The van der Waals surface area contributed by atoms with E-state index in [2.05, 4.69) is 59.7 Å². The van der Waals surface area contributed by atoms with Gasteiger partial charge in [-0.25, -0.2) is 0 Å². The highest BCUT2D eigenvalue weighted by atomic mass is 79.9. The summed E-state index contributed by atoms with van der Waals surface area (Å²) < 4.78 is 1.83. The molecule has 1 aromatic carbocycles. The monoisotopic (exact) mass is 378 g/mol. The fourth-order valence-corrected chi connectivity index (χ4v) is 6.32. The van der Waals surface area contributed by atoms with Crippen molar-refractivity contribution in [1.82, 2.24) is 8.91 Å². The van der Waals surface area contributed by atoms with E-state index in [9.17, 15) is 4.79 Å². The van der Waals surface area contributed by atoms with Gasteiger partial charge in [-0.1, -0.05) is 37.3 Å². The largest absolute Gasteiger partial charge is 0.348 e. The maximum Gasteiger partial charge on any atom is 0.269 e. The molecule has 2 aromatic rings. The number of hydrogen-bond donors (Lipinski definition) is 1. The first kappa shape index (κ1) is 15.8. The average molecular weight is 379 g/mol. The first-order valence-corrected chi connectivity index (χ1v) is 12.1. The molecule has 0 unspecified atom stereocenters. The van der Waals surface area contributed by atoms with Crippen molar-refractivity contribution in [2.45, 2.75) is 51.0 Å². The number of fused-ring (bicyclic) bond motifs is 1. The number of benzene rings is 1. The fourth-order valence-electron chi connectivity index (χ4n) is 3.24. The lowest BCUT2D eigenvalue weighted by Crippen LogP contribution is -2.42. The summed E-state index contributed by atoms with van der Waals surface area (Å²) in [4.78, 5) is 12.6. The van der Waals surface area contributed by atoms with Crippen LogP contribution in [0.4, 0.5) is 0 Å². The van der Waals surface area contributed by atoms with Crippen molar-refractivity contribution in [3.8, 4) is 0 Å². The van der Waals surface area contributed by atoms with Gasteiger partial charge in [-0.2, -0.15) is 0 Å². The number of nitrogens with zero attached hydrogens (tertiary/aromatic N) is 1. The van der Waals surface area contributed by atoms with Gasteiger partial charge in [-0.15, -0.1) is 0 Å². The molecule has 1 aliphatic heterocycles. The maximum atomic E-state index is 12.6. The summed E-state index contributed by atoms with van der Waals surface area (Å²) in [6.45, 7) is 6.96. The standard InChI is InChI=1S/C17H23BrN2OSi/c1-12-4-5-13-11-16(20(18)15(13)10-12)17(21)19-14-6-8-22(2,3)9-7-14/h4-5,10-11,14H,6-9H2,1-3H3,(H,19,21). The Morgan fingerprint density at radius 3 is 2.64 bits per heavy atom. The molecule has 0 bridgehead atoms. The van der Waals surface area contributed by atoms with E-state index < -0.39 is 8.07 Å². The molecule has 3 rings (SSSR count). The van der Waals surface area contributed by atoms with Crippen LogP contribution in [-0.4, -0.2) is 23.6 Å². The van der Waals surface area contributed by atoms with Gasteiger partial charge in [-0.3, -0.25) is 8.39 Å². The van der Waals surface area contributed by atoms with Gasteiger partial charge >= 0.3 is 0 Å². The first-order valence-electron chi connectivity index (χ1n) is 7.95. The number of nitrogens with one attached hydrogen (secondary N) is 1. The van der Waals surface area contributed by atoms with Gasteiger partial charge in [0.1, 0.15) is 5.69 Å². The zero-order chi connectivity index (χ0) is 15.9. The quantitative estimate of drug-likeness (QED) is 0.754. The summed E-state index contributed by atoms with van der Waals surface area (Å²) >= 11 is 3.53. The normalized spacial score (nSPS) is 18.5. The molecule has 5 heteroatoms. The number of amides is 1. The highest BCUT2D eigenvalue weighted by Gasteiger charge is 2.29. The van der Waals surface area contributed by atoms with Gasteiger partial charge in [0, 0.05) is 19.5 Å². The molecule has 1 fully saturated rings. The van der Waals surface area contributed by atoms with Gasteiger partial charge in [0.05, 0.1) is 21.7 Å². The highest BCUT2D eigenvalue weighted by Crippen LogP contribution is 2.29. The molecule has 2 heterocycles. The summed E-state index contributed by atoms with van der Waals surface area (Å²) in [5.41, 5.74) is 2.92. The van der Waals surface area contributed by atoms with Crippen LogP contribution >= 0.6 is 16.1 Å². The Bertz CT molecular complexity index is 713. The molecule has 0 atom stereocenters. The number of carbonyl (C=O) groups is 1. The van der Waals surface area contributed by atoms with Crippen LogP contribution in [0.2, 0.25) is 25.2 Å². The minimum absolute atomic E-state index is 0.0251. The number of aryl methyl sites for hydroxylation is 1. The van der Waals surface area contributed by atoms with Gasteiger partial charge in [0.15, 0.2) is 0 Å². The van der Waals surface area contributed by atoms with Gasteiger partial charge < -0.3 is 5.32 Å². The Kier molecular flexibility index (Phi) is 4.20. The predicted octanol–water partition coefficient (Wildman–Crippen LogP) is 4.71. The molecule has 1 saturated heterocycles. The first-order chi connectivity index (χ1) is 10.4. The second-order valence-electron chi connectivity index (χ2n) is 7.28. The predicted molar refractivity (Wildman–Crippen MR) is 98.6 cm³/mol. The van der Waals surface area contributed by atoms with Crippen molar-refractivity contribution in [2.24, 2.45) is 0 Å². The second kappa shape index (κ2) is 5.85. The summed E-state index contributed by atoms with van der Waals surface area (Å²) in [7, 11) is -0.972. The third-order valence-corrected chi connectivity index (χ3v) is 8.86. The molecular weight excluding hydrogens is 356 g/mol. The number of carbonyl (C=O) groups excluding carboxylic acids is 1. The SMILES string of the molecule is Cc1ccc2cc(C(=O)NC3CC[Si](C)(C)CC3)n(Br)c2c1. The molecule has 1 aromatic heterocycles. The van der Waals surface area contributed by atoms with E-state index in [0.29, 0.717) is 11.7 Å². The Morgan fingerprint density at radius 2 is 1.95 bits per heavy atom. The van der Waals surface area contributed by atoms with E-state index in [1.807, 2.05) is 9.66 Å². The smallest absolute Gasteiger partial charge is 0.269 e. The van der Waals surface area contributed by atoms with Crippen molar-refractivity contribution in [3.63, 3.8) is 0 Å². The molecule has 0 spiro atoms. The van der Waals surface area contributed by atoms with Crippen molar-refractivity contribution < 1.29 is 4.79 Å². The molecular formula is C17H23BrN2OSi. The van der Waals surface area contributed by atoms with Crippen LogP contribution in [0.15, 0.2) is 24.3 Å². The Labute approximate surface area is 141 Å². The lowest BCUT2D eigenvalue weighted by Gasteiger charge is -2.33. The van der Waals surface area contributed by atoms with E-state index in [4.69, 9.17) is 0 Å². The summed E-state index contributed by atoms with van der Waals surface area (Å²) in [5.74, 6) is 0.0251. The average Bonchev–Trinajstić information content (AvgIpc) is 2.78. The highest BCUT2D eigenvalue weighted by molar-refractivity contribution is 9.08. The van der Waals surface area contributed by atoms with Crippen molar-refractivity contribution >= 4 is 41.0 Å². The zero-order valence-corrected chi connectivity index (χ0v) is 16.0. The number of halogens is 1. The number of rotatable bonds is 2. The van der Waals surface area contributed by atoms with Crippen LogP contribution in [-0.2, 0) is 0 Å². The van der Waals surface area contributed by atoms with E-state index in [-0.39, 0.29) is 5.91 Å². The zero-order valence-electron chi connectivity index (χ0n) is 13.4. The Hall–Kier alpha value is -1.07. The summed E-state index contributed by atoms with van der Waals surface area (Å²) in [6.07, 6.45) is 2.26. The molecule has 0 radical (unpaired) electrons. The molecule has 1 N–H and O–H groups in total. The second-order valence-corrected chi connectivity index (χ2v) is 13.3. The van der Waals surface area contributed by atoms with Crippen molar-refractivity contribution in [2.75, 3.05) is 0 Å². The van der Waals surface area contributed by atoms with Gasteiger partial charge in [0.2, 0.25) is 0 Å². The van der Waals surface area contributed by atoms with Crippen LogP contribution in [0.3, 0.4) is 0 Å². The minimum Gasteiger partial charge on any atom is -0.348 e. The van der Waals surface area contributed by atoms with E-state index in [0.717, 1.165) is 23.7 Å². The van der Waals surface area contributed by atoms with E-state index in [1.165, 1.54) is 17.7 Å². The fraction of sp³-hybridized carbons (Fsp3) is 0.471. The van der Waals surface area contributed by atoms with Gasteiger partial charge in [0.25, 0.3) is 5.91 Å². The molecule has 0 aliphatic carbocycles. The number of aromatic nitrogens is 1. The molecule has 1 amide bonds. The molecule has 1 aliphatic rings. The van der Waals surface area contributed by atoms with Crippen molar-refractivity contribution in [1.29, 1.82) is 0 Å². The molecule has 0 saturated carbocycles. The minimum atomic E-state index is -0.972. The topological polar surface area (TPSA) is 34.0 Å². The summed E-state index contributed by atoms with van der Waals surface area (Å²) in [6, 6.07) is 11.2. The summed E-state index contributed by atoms with van der Waals surface area (Å²) in [5, 5.41) is 4.31. The maximum absolute atomic E-state index is 12.6. The van der Waals surface area contributed by atoms with Crippen LogP contribution < -0.4 is 5.32 Å². The van der Waals surface area contributed by atoms with Crippen LogP contribution in [0.5, 0.6) is 0 Å². The third kappa shape index (κ3) is 3.15. The Morgan fingerprint density at radius 1 is 1.27 bits per heavy atom. The lowest BCUT2D eigenvalue weighted by atomic mass is 10.1. The number of hydrogen-bond acceptors (Lipinski definition) is 1. The molecule has 22 heavy (non-hydrogen) atoms. The van der Waals surface area contributed by atoms with E-state index in [1.54, 1.807) is 0 Å². The van der Waals surface area contributed by atoms with Crippen LogP contribution in [0.25, 0.3) is 10.9 Å².